The SMILES string of the molecule is CC(=O)[C@H]1CC[C@H]2[C@H]3CCC4=C/C(=N/OCC(=O)N5C[C@H](O)C[C@@H]5C(=O)O)CC[C@]4(C)[C@@H]3CC[C@]12C. The standard InChI is InChI=1S/C28H40N2O6/c1-16(31)21-6-7-22-20-5-4-17-12-18(8-10-27(17,2)23(20)9-11-28(21,22)3)29-36-15-25(33)30-14-19(32)13-24(30)26(34)35/h12,19-24,32H,4-11,13-15H2,1-3H3,(H,34,35)/b29-18+/t19-,20-,21-,22+,23-,24-,27+,28-/m1/s1. The molecule has 1 amide bonds. The quantitative estimate of drug-likeness (QED) is 0.558. The smallest absolute Gasteiger partial charge is 0.326 e. The van der Waals surface area contributed by atoms with Gasteiger partial charge in [-0.15, -0.1) is 0 Å². The predicted octanol–water partition coefficient (Wildman–Crippen LogP) is 3.57. The van der Waals surface area contributed by atoms with Crippen molar-refractivity contribution in [2.24, 2.45) is 39.7 Å². The van der Waals surface area contributed by atoms with Gasteiger partial charge in [0.05, 0.1) is 11.8 Å². The molecule has 1 aliphatic heterocycles. The van der Waals surface area contributed by atoms with E-state index in [0.717, 1.165) is 44.2 Å². The van der Waals surface area contributed by atoms with Crippen molar-refractivity contribution < 1.29 is 29.4 Å². The maximum Gasteiger partial charge on any atom is 0.326 e. The van der Waals surface area contributed by atoms with Gasteiger partial charge in [0.1, 0.15) is 11.8 Å². The molecule has 1 heterocycles. The highest BCUT2D eigenvalue weighted by atomic mass is 16.6. The zero-order chi connectivity index (χ0) is 25.8. The number of carbonyl (C=O) groups excluding carboxylic acids is 2. The van der Waals surface area contributed by atoms with Gasteiger partial charge in [-0.05, 0) is 93.0 Å². The Bertz CT molecular complexity index is 1010. The molecule has 4 aliphatic carbocycles. The monoisotopic (exact) mass is 500 g/mol. The molecule has 0 aromatic heterocycles. The summed E-state index contributed by atoms with van der Waals surface area (Å²) in [5.41, 5.74) is 2.58. The lowest BCUT2D eigenvalue weighted by molar-refractivity contribution is -0.150. The first-order valence-electron chi connectivity index (χ1n) is 13.6. The fourth-order valence-electron chi connectivity index (χ4n) is 8.89. The lowest BCUT2D eigenvalue weighted by Gasteiger charge is -2.58. The lowest BCUT2D eigenvalue weighted by Crippen LogP contribution is -2.51. The Morgan fingerprint density at radius 1 is 1.11 bits per heavy atom. The molecular weight excluding hydrogens is 460 g/mol. The van der Waals surface area contributed by atoms with Gasteiger partial charge in [0.15, 0.2) is 6.61 Å². The van der Waals surface area contributed by atoms with E-state index in [1.807, 2.05) is 0 Å². The van der Waals surface area contributed by atoms with Crippen LogP contribution in [0.3, 0.4) is 0 Å². The number of aliphatic hydroxyl groups is 1. The number of hydrogen-bond donors (Lipinski definition) is 2. The van der Waals surface area contributed by atoms with E-state index in [4.69, 9.17) is 4.84 Å². The third-order valence-corrected chi connectivity index (χ3v) is 10.7. The minimum Gasteiger partial charge on any atom is -0.480 e. The van der Waals surface area contributed by atoms with Crippen LogP contribution >= 0.6 is 0 Å². The van der Waals surface area contributed by atoms with Crippen molar-refractivity contribution in [2.75, 3.05) is 13.2 Å². The number of hydrogen-bond acceptors (Lipinski definition) is 6. The van der Waals surface area contributed by atoms with E-state index in [9.17, 15) is 24.6 Å². The number of likely N-dealkylation sites (tertiary alicyclic amines) is 1. The Kier molecular flexibility index (Phi) is 6.54. The zero-order valence-corrected chi connectivity index (χ0v) is 21.7. The summed E-state index contributed by atoms with van der Waals surface area (Å²) in [5, 5.41) is 23.3. The van der Waals surface area contributed by atoms with Crippen LogP contribution in [0.4, 0.5) is 0 Å². The van der Waals surface area contributed by atoms with Crippen molar-refractivity contribution in [3.63, 3.8) is 0 Å². The Balaban J connectivity index is 1.24. The van der Waals surface area contributed by atoms with Crippen molar-refractivity contribution in [3.8, 4) is 0 Å². The number of β-amino-alcohol motifs (C(OH)–C–C–N with tert-alkyl or cyclic N) is 1. The number of carboxylic acids is 1. The minimum absolute atomic E-state index is 0.00783. The molecule has 2 N–H and O–H groups in total. The molecule has 8 heteroatoms. The topological polar surface area (TPSA) is 117 Å². The molecule has 0 unspecified atom stereocenters. The maximum absolute atomic E-state index is 12.5. The number of oxime groups is 1. The molecule has 0 spiro atoms. The summed E-state index contributed by atoms with van der Waals surface area (Å²) in [7, 11) is 0. The summed E-state index contributed by atoms with van der Waals surface area (Å²) < 4.78 is 0. The molecule has 8 atom stereocenters. The molecular formula is C28H40N2O6. The van der Waals surface area contributed by atoms with Gasteiger partial charge in [-0.1, -0.05) is 24.6 Å². The number of carboxylic acid groups (broad SMARTS) is 1. The van der Waals surface area contributed by atoms with Gasteiger partial charge < -0.3 is 20.0 Å². The number of amides is 1. The van der Waals surface area contributed by atoms with Crippen LogP contribution in [0.5, 0.6) is 0 Å². The Morgan fingerprint density at radius 3 is 2.61 bits per heavy atom. The van der Waals surface area contributed by atoms with E-state index < -0.39 is 24.0 Å². The van der Waals surface area contributed by atoms with Crippen LogP contribution in [0.1, 0.15) is 78.6 Å². The average Bonchev–Trinajstić information content (AvgIpc) is 3.39. The summed E-state index contributed by atoms with van der Waals surface area (Å²) in [5.74, 6) is 0.982. The summed E-state index contributed by atoms with van der Waals surface area (Å²) in [6, 6.07) is -1.01. The molecule has 0 radical (unpaired) electrons. The molecule has 1 saturated heterocycles. The van der Waals surface area contributed by atoms with Gasteiger partial charge in [-0.3, -0.25) is 9.59 Å². The molecule has 36 heavy (non-hydrogen) atoms. The van der Waals surface area contributed by atoms with Crippen LogP contribution in [0.2, 0.25) is 0 Å². The number of rotatable bonds is 5. The first kappa shape index (κ1) is 25.4. The molecule has 0 aromatic rings. The number of aliphatic carboxylic acids is 1. The molecule has 5 aliphatic rings. The summed E-state index contributed by atoms with van der Waals surface area (Å²) in [4.78, 5) is 42.8. The van der Waals surface area contributed by atoms with Crippen LogP contribution in [-0.2, 0) is 19.2 Å². The third-order valence-electron chi connectivity index (χ3n) is 10.7. The average molecular weight is 501 g/mol. The highest BCUT2D eigenvalue weighted by molar-refractivity contribution is 5.96. The van der Waals surface area contributed by atoms with Gasteiger partial charge in [0, 0.05) is 18.9 Å². The van der Waals surface area contributed by atoms with Gasteiger partial charge in [-0.25, -0.2) is 4.79 Å². The molecule has 3 saturated carbocycles. The summed E-state index contributed by atoms with van der Waals surface area (Å²) in [6.45, 7) is 6.26. The van der Waals surface area contributed by atoms with E-state index >= 15 is 0 Å². The second-order valence-electron chi connectivity index (χ2n) is 12.4. The molecule has 0 aromatic carbocycles. The Morgan fingerprint density at radius 2 is 1.89 bits per heavy atom. The highest BCUT2D eigenvalue weighted by Gasteiger charge is 2.59. The number of nitrogens with zero attached hydrogens (tertiary/aromatic N) is 2. The first-order chi connectivity index (χ1) is 17.0. The molecule has 4 fully saturated rings. The van der Waals surface area contributed by atoms with Gasteiger partial charge >= 0.3 is 5.97 Å². The fourth-order valence-corrected chi connectivity index (χ4v) is 8.89. The number of carbonyl (C=O) groups is 3. The van der Waals surface area contributed by atoms with E-state index in [-0.39, 0.29) is 36.3 Å². The van der Waals surface area contributed by atoms with Crippen LogP contribution < -0.4 is 0 Å². The van der Waals surface area contributed by atoms with Crippen LogP contribution in [0.25, 0.3) is 0 Å². The molecule has 0 bridgehead atoms. The number of fused-ring (bicyclic) bond motifs is 5. The maximum atomic E-state index is 12.5. The van der Waals surface area contributed by atoms with Crippen molar-refractivity contribution in [1.29, 1.82) is 0 Å². The Labute approximate surface area is 213 Å². The Hall–Kier alpha value is -2.22. The van der Waals surface area contributed by atoms with Crippen LogP contribution in [0, 0.1) is 34.5 Å². The molecule has 5 rings (SSSR count). The second-order valence-corrected chi connectivity index (χ2v) is 12.4. The molecule has 8 nitrogen and oxygen atoms in total. The second kappa shape index (κ2) is 9.26. The van der Waals surface area contributed by atoms with Crippen molar-refractivity contribution >= 4 is 23.4 Å². The summed E-state index contributed by atoms with van der Waals surface area (Å²) in [6.07, 6.45) is 9.94. The van der Waals surface area contributed by atoms with E-state index in [0.29, 0.717) is 23.5 Å². The minimum atomic E-state index is -1.12. The van der Waals surface area contributed by atoms with Gasteiger partial charge in [0.25, 0.3) is 5.91 Å². The first-order valence-corrected chi connectivity index (χ1v) is 13.6. The lowest BCUT2D eigenvalue weighted by atomic mass is 9.46. The highest BCUT2D eigenvalue weighted by Crippen LogP contribution is 2.66. The number of ketones is 1. The van der Waals surface area contributed by atoms with Gasteiger partial charge in [0.2, 0.25) is 0 Å². The van der Waals surface area contributed by atoms with Crippen molar-refractivity contribution in [2.45, 2.75) is 90.7 Å². The summed E-state index contributed by atoms with van der Waals surface area (Å²) >= 11 is 0. The van der Waals surface area contributed by atoms with Crippen molar-refractivity contribution in [1.82, 2.24) is 4.90 Å². The van der Waals surface area contributed by atoms with Crippen molar-refractivity contribution in [3.05, 3.63) is 11.6 Å². The van der Waals surface area contributed by atoms with E-state index in [1.54, 1.807) is 6.92 Å². The predicted molar refractivity (Wildman–Crippen MR) is 133 cm³/mol. The molecule has 198 valence electrons. The largest absolute Gasteiger partial charge is 0.480 e. The fraction of sp³-hybridized carbons (Fsp3) is 0.786. The van der Waals surface area contributed by atoms with Gasteiger partial charge in [-0.2, -0.15) is 0 Å². The normalized spacial score (nSPS) is 42.8. The third kappa shape index (κ3) is 4.09. The number of Topliss-reactive ketones (excluding diaryl/α,β-unsaturated/α-hetero) is 1. The number of allylic oxidation sites excluding steroid dienone is 2. The number of aliphatic hydroxyl groups excluding tert-OH is 1. The zero-order valence-electron chi connectivity index (χ0n) is 21.7. The van der Waals surface area contributed by atoms with E-state index in [2.05, 4.69) is 25.1 Å². The van der Waals surface area contributed by atoms with Crippen LogP contribution in [0.15, 0.2) is 16.8 Å². The van der Waals surface area contributed by atoms with E-state index in [1.165, 1.54) is 23.3 Å². The van der Waals surface area contributed by atoms with Crippen LogP contribution in [-0.4, -0.2) is 63.8 Å².